The molecule has 4 nitrogen and oxygen atoms in total. The van der Waals surface area contributed by atoms with Crippen LogP contribution in [0.25, 0.3) is 22.3 Å². The smallest absolute Gasteiger partial charge is 0.197 e. The minimum absolute atomic E-state index is 0.381. The zero-order valence-corrected chi connectivity index (χ0v) is 22.1. The van der Waals surface area contributed by atoms with Crippen molar-refractivity contribution in [1.82, 2.24) is 0 Å². The maximum Gasteiger partial charge on any atom is 0.197 e. The molecule has 0 aromatic heterocycles. The number of benzene rings is 4. The predicted molar refractivity (Wildman–Crippen MR) is 151 cm³/mol. The SMILES string of the molecule is CCC(C)c1ccc(OC(C)OCCOc2c(-c3ccccc3)cccc2-c2ccccc2)c(OC)c1. The van der Waals surface area contributed by atoms with Gasteiger partial charge in [-0.05, 0) is 48.1 Å². The van der Waals surface area contributed by atoms with E-state index in [1.807, 2.05) is 55.5 Å². The number of ether oxygens (including phenoxy) is 4. The molecule has 4 heteroatoms. The Morgan fingerprint density at radius 2 is 1.30 bits per heavy atom. The third-order valence-electron chi connectivity index (χ3n) is 6.53. The summed E-state index contributed by atoms with van der Waals surface area (Å²) in [6.45, 7) is 7.05. The molecule has 192 valence electrons. The first-order chi connectivity index (χ1) is 18.1. The van der Waals surface area contributed by atoms with Gasteiger partial charge in [0, 0.05) is 11.1 Å². The molecule has 2 unspecified atom stereocenters. The van der Waals surface area contributed by atoms with Gasteiger partial charge in [0.15, 0.2) is 17.8 Å². The van der Waals surface area contributed by atoms with Gasteiger partial charge in [-0.25, -0.2) is 0 Å². The minimum Gasteiger partial charge on any atom is -0.493 e. The van der Waals surface area contributed by atoms with Crippen molar-refractivity contribution in [2.75, 3.05) is 20.3 Å². The van der Waals surface area contributed by atoms with Crippen LogP contribution in [0.2, 0.25) is 0 Å². The molecule has 0 aliphatic carbocycles. The van der Waals surface area contributed by atoms with Crippen molar-refractivity contribution in [3.63, 3.8) is 0 Å². The molecule has 0 fully saturated rings. The summed E-state index contributed by atoms with van der Waals surface area (Å²) in [6, 6.07) is 33.0. The monoisotopic (exact) mass is 496 g/mol. The molecule has 0 aliphatic heterocycles. The largest absolute Gasteiger partial charge is 0.493 e. The molecule has 0 saturated heterocycles. The van der Waals surface area contributed by atoms with Crippen molar-refractivity contribution in [3.05, 3.63) is 103 Å². The predicted octanol–water partition coefficient (Wildman–Crippen LogP) is 8.36. The molecular weight excluding hydrogens is 460 g/mol. The Hall–Kier alpha value is -3.76. The van der Waals surface area contributed by atoms with Crippen LogP contribution in [0.5, 0.6) is 17.2 Å². The van der Waals surface area contributed by atoms with Crippen LogP contribution in [-0.2, 0) is 4.74 Å². The van der Waals surface area contributed by atoms with Gasteiger partial charge in [0.2, 0.25) is 0 Å². The summed E-state index contributed by atoms with van der Waals surface area (Å²) >= 11 is 0. The number of methoxy groups -OCH3 is 1. The first kappa shape index (κ1) is 26.3. The lowest BCUT2D eigenvalue weighted by Gasteiger charge is -2.20. The van der Waals surface area contributed by atoms with E-state index in [9.17, 15) is 0 Å². The molecule has 0 radical (unpaired) electrons. The molecule has 0 N–H and O–H groups in total. The number of para-hydroxylation sites is 1. The minimum atomic E-state index is -0.454. The van der Waals surface area contributed by atoms with E-state index in [0.29, 0.717) is 30.6 Å². The molecule has 0 spiro atoms. The van der Waals surface area contributed by atoms with E-state index in [1.54, 1.807) is 7.11 Å². The van der Waals surface area contributed by atoms with Crippen molar-refractivity contribution in [1.29, 1.82) is 0 Å². The van der Waals surface area contributed by atoms with Gasteiger partial charge in [0.1, 0.15) is 12.4 Å². The first-order valence-electron chi connectivity index (χ1n) is 12.9. The highest BCUT2D eigenvalue weighted by Crippen LogP contribution is 2.39. The Morgan fingerprint density at radius 3 is 1.86 bits per heavy atom. The molecule has 4 aromatic rings. The second kappa shape index (κ2) is 13.0. The fourth-order valence-corrected chi connectivity index (χ4v) is 4.28. The van der Waals surface area contributed by atoms with Gasteiger partial charge in [-0.3, -0.25) is 0 Å². The van der Waals surface area contributed by atoms with E-state index >= 15 is 0 Å². The van der Waals surface area contributed by atoms with Gasteiger partial charge in [0.05, 0.1) is 13.7 Å². The van der Waals surface area contributed by atoms with Gasteiger partial charge in [0.25, 0.3) is 0 Å². The van der Waals surface area contributed by atoms with E-state index in [0.717, 1.165) is 34.4 Å². The Morgan fingerprint density at radius 1 is 0.676 bits per heavy atom. The summed E-state index contributed by atoms with van der Waals surface area (Å²) < 4.78 is 23.9. The topological polar surface area (TPSA) is 36.9 Å². The van der Waals surface area contributed by atoms with Crippen molar-refractivity contribution in [2.24, 2.45) is 0 Å². The summed E-state index contributed by atoms with van der Waals surface area (Å²) in [4.78, 5) is 0. The Balaban J connectivity index is 1.43. The van der Waals surface area contributed by atoms with E-state index < -0.39 is 6.29 Å². The van der Waals surface area contributed by atoms with Crippen LogP contribution >= 0.6 is 0 Å². The third kappa shape index (κ3) is 6.72. The average molecular weight is 497 g/mol. The number of hydrogen-bond acceptors (Lipinski definition) is 4. The molecule has 0 bridgehead atoms. The van der Waals surface area contributed by atoms with Crippen LogP contribution in [0.15, 0.2) is 97.1 Å². The molecule has 0 saturated carbocycles. The second-order valence-corrected chi connectivity index (χ2v) is 9.04. The maximum absolute atomic E-state index is 6.37. The lowest BCUT2D eigenvalue weighted by Crippen LogP contribution is -2.20. The summed E-state index contributed by atoms with van der Waals surface area (Å²) in [5, 5.41) is 0. The first-order valence-corrected chi connectivity index (χ1v) is 12.9. The zero-order valence-electron chi connectivity index (χ0n) is 22.1. The van der Waals surface area contributed by atoms with Crippen LogP contribution in [0.4, 0.5) is 0 Å². The molecular formula is C33H36O4. The van der Waals surface area contributed by atoms with Crippen molar-refractivity contribution in [3.8, 4) is 39.5 Å². The third-order valence-corrected chi connectivity index (χ3v) is 6.53. The normalized spacial score (nSPS) is 12.5. The second-order valence-electron chi connectivity index (χ2n) is 9.04. The summed E-state index contributed by atoms with van der Waals surface area (Å²) in [5.41, 5.74) is 5.57. The Bertz CT molecular complexity index is 1200. The van der Waals surface area contributed by atoms with E-state index in [4.69, 9.17) is 18.9 Å². The van der Waals surface area contributed by atoms with E-state index in [-0.39, 0.29) is 0 Å². The van der Waals surface area contributed by atoms with Crippen LogP contribution < -0.4 is 14.2 Å². The van der Waals surface area contributed by atoms with Gasteiger partial charge in [-0.15, -0.1) is 0 Å². The van der Waals surface area contributed by atoms with E-state index in [1.165, 1.54) is 5.56 Å². The molecule has 0 aliphatic rings. The molecule has 2 atom stereocenters. The molecule has 0 heterocycles. The fraction of sp³-hybridized carbons (Fsp3) is 0.273. The van der Waals surface area contributed by atoms with Crippen molar-refractivity contribution in [2.45, 2.75) is 39.4 Å². The Kier molecular flexibility index (Phi) is 9.23. The lowest BCUT2D eigenvalue weighted by molar-refractivity contribution is -0.0747. The average Bonchev–Trinajstić information content (AvgIpc) is 2.96. The quantitative estimate of drug-likeness (QED) is 0.146. The highest BCUT2D eigenvalue weighted by Gasteiger charge is 2.15. The zero-order chi connectivity index (χ0) is 26.0. The van der Waals surface area contributed by atoms with Crippen LogP contribution in [-0.4, -0.2) is 26.6 Å². The van der Waals surface area contributed by atoms with Crippen molar-refractivity contribution >= 4 is 0 Å². The fourth-order valence-electron chi connectivity index (χ4n) is 4.28. The van der Waals surface area contributed by atoms with Gasteiger partial charge in [-0.2, -0.15) is 0 Å². The van der Waals surface area contributed by atoms with E-state index in [2.05, 4.69) is 62.4 Å². The summed E-state index contributed by atoms with van der Waals surface area (Å²) in [6.07, 6.45) is 0.618. The van der Waals surface area contributed by atoms with Crippen LogP contribution in [0.1, 0.15) is 38.7 Å². The molecule has 4 aromatic carbocycles. The maximum atomic E-state index is 6.37. The standard InChI is InChI=1S/C33H36O4/c1-5-24(2)28-19-20-31(32(23-28)34-4)37-25(3)35-21-22-36-33-29(26-13-8-6-9-14-26)17-12-18-30(33)27-15-10-7-11-16-27/h6-20,23-25H,5,21-22H2,1-4H3. The molecule has 0 amide bonds. The van der Waals surface area contributed by atoms with Gasteiger partial charge in [-0.1, -0.05) is 98.8 Å². The highest BCUT2D eigenvalue weighted by molar-refractivity contribution is 5.82. The molecule has 4 rings (SSSR count). The number of rotatable bonds is 12. The van der Waals surface area contributed by atoms with Crippen molar-refractivity contribution < 1.29 is 18.9 Å². The summed E-state index contributed by atoms with van der Waals surface area (Å²) in [7, 11) is 1.66. The summed E-state index contributed by atoms with van der Waals surface area (Å²) in [5.74, 6) is 2.70. The number of hydrogen-bond donors (Lipinski definition) is 0. The van der Waals surface area contributed by atoms with Gasteiger partial charge >= 0.3 is 0 Å². The Labute approximate surface area is 220 Å². The van der Waals surface area contributed by atoms with Gasteiger partial charge < -0.3 is 18.9 Å². The van der Waals surface area contributed by atoms with Crippen LogP contribution in [0.3, 0.4) is 0 Å². The lowest BCUT2D eigenvalue weighted by atomic mass is 9.97. The highest BCUT2D eigenvalue weighted by atomic mass is 16.7. The molecule has 37 heavy (non-hydrogen) atoms. The van der Waals surface area contributed by atoms with Crippen LogP contribution in [0, 0.1) is 0 Å².